The predicted molar refractivity (Wildman–Crippen MR) is 108 cm³/mol. The molecule has 1 aliphatic rings. The molecule has 1 aliphatic heterocycles. The van der Waals surface area contributed by atoms with Crippen molar-refractivity contribution in [1.29, 1.82) is 0 Å². The van der Waals surface area contributed by atoms with E-state index >= 15 is 0 Å². The molecule has 2 aromatic carbocycles. The third-order valence-electron chi connectivity index (χ3n) is 5.54. The van der Waals surface area contributed by atoms with Gasteiger partial charge in [-0.1, -0.05) is 35.9 Å². The molecule has 2 heterocycles. The Bertz CT molecular complexity index is 995. The molecule has 1 amide bonds. The van der Waals surface area contributed by atoms with E-state index in [2.05, 4.69) is 50.0 Å². The molecular weight excluding hydrogens is 332 g/mol. The highest BCUT2D eigenvalue weighted by atomic mass is 16.2. The van der Waals surface area contributed by atoms with Crippen LogP contribution >= 0.6 is 0 Å². The lowest BCUT2D eigenvalue weighted by Gasteiger charge is -2.38. The van der Waals surface area contributed by atoms with Crippen LogP contribution in [-0.2, 0) is 6.42 Å². The Hall–Kier alpha value is -2.94. The van der Waals surface area contributed by atoms with Gasteiger partial charge < -0.3 is 4.90 Å². The number of rotatable bonds is 2. The second-order valence-electron chi connectivity index (χ2n) is 7.44. The van der Waals surface area contributed by atoms with Gasteiger partial charge in [-0.15, -0.1) is 0 Å². The average molecular weight is 356 g/mol. The molecule has 0 fully saturated rings. The van der Waals surface area contributed by atoms with Gasteiger partial charge in [0.2, 0.25) is 0 Å². The average Bonchev–Trinajstić information content (AvgIpc) is 2.69. The monoisotopic (exact) mass is 356 g/mol. The van der Waals surface area contributed by atoms with E-state index in [4.69, 9.17) is 0 Å². The SMILES string of the molecule is Cc1ccc2c(c1)CCN(C(=O)c1ccc(C)c(C)c1)C2c1cccnc1. The molecule has 3 nitrogen and oxygen atoms in total. The summed E-state index contributed by atoms with van der Waals surface area (Å²) in [5, 5.41) is 0. The van der Waals surface area contributed by atoms with Crippen molar-refractivity contribution >= 4 is 5.91 Å². The molecule has 136 valence electrons. The van der Waals surface area contributed by atoms with Crippen LogP contribution < -0.4 is 0 Å². The zero-order chi connectivity index (χ0) is 19.0. The number of nitrogens with zero attached hydrogens (tertiary/aromatic N) is 2. The number of pyridine rings is 1. The largest absolute Gasteiger partial charge is 0.327 e. The van der Waals surface area contributed by atoms with Crippen LogP contribution in [0.15, 0.2) is 60.9 Å². The summed E-state index contributed by atoms with van der Waals surface area (Å²) in [5.41, 5.74) is 7.95. The van der Waals surface area contributed by atoms with Gasteiger partial charge in [0.05, 0.1) is 6.04 Å². The lowest BCUT2D eigenvalue weighted by molar-refractivity contribution is 0.0694. The van der Waals surface area contributed by atoms with Crippen LogP contribution in [0.4, 0.5) is 0 Å². The molecule has 0 bridgehead atoms. The standard InChI is InChI=1S/C24H24N2O/c1-16-6-9-22-19(13-16)10-12-26(23(22)21-5-4-11-25-15-21)24(27)20-8-7-17(2)18(3)14-20/h4-9,11,13-15,23H,10,12H2,1-3H3. The number of fused-ring (bicyclic) bond motifs is 1. The lowest BCUT2D eigenvalue weighted by Crippen LogP contribution is -2.40. The Balaban J connectivity index is 1.80. The van der Waals surface area contributed by atoms with Crippen molar-refractivity contribution in [2.24, 2.45) is 0 Å². The van der Waals surface area contributed by atoms with Crippen molar-refractivity contribution in [3.8, 4) is 0 Å². The Morgan fingerprint density at radius 1 is 1.04 bits per heavy atom. The number of aryl methyl sites for hydroxylation is 3. The van der Waals surface area contributed by atoms with Crippen molar-refractivity contribution < 1.29 is 4.79 Å². The number of carbonyl (C=O) groups excluding carboxylic acids is 1. The fraction of sp³-hybridized carbons (Fsp3) is 0.250. The second-order valence-corrected chi connectivity index (χ2v) is 7.44. The number of aromatic nitrogens is 1. The highest BCUT2D eigenvalue weighted by Crippen LogP contribution is 2.36. The maximum atomic E-state index is 13.4. The van der Waals surface area contributed by atoms with Crippen molar-refractivity contribution in [3.63, 3.8) is 0 Å². The predicted octanol–water partition coefficient (Wildman–Crippen LogP) is 4.79. The van der Waals surface area contributed by atoms with Gasteiger partial charge in [0, 0.05) is 24.5 Å². The Labute approximate surface area is 160 Å². The van der Waals surface area contributed by atoms with Gasteiger partial charge in [-0.3, -0.25) is 9.78 Å². The zero-order valence-electron chi connectivity index (χ0n) is 16.1. The molecule has 1 atom stereocenters. The zero-order valence-corrected chi connectivity index (χ0v) is 16.1. The molecule has 4 rings (SSSR count). The van der Waals surface area contributed by atoms with Gasteiger partial charge in [0.15, 0.2) is 0 Å². The second kappa shape index (κ2) is 6.99. The van der Waals surface area contributed by atoms with E-state index in [1.54, 1.807) is 6.20 Å². The molecule has 0 saturated heterocycles. The number of hydrogen-bond acceptors (Lipinski definition) is 2. The van der Waals surface area contributed by atoms with Gasteiger partial charge in [-0.2, -0.15) is 0 Å². The Kier molecular flexibility index (Phi) is 4.53. The molecule has 0 saturated carbocycles. The molecule has 1 unspecified atom stereocenters. The minimum Gasteiger partial charge on any atom is -0.327 e. The molecule has 0 N–H and O–H groups in total. The minimum absolute atomic E-state index is 0.0816. The van der Waals surface area contributed by atoms with E-state index in [1.807, 2.05) is 35.4 Å². The highest BCUT2D eigenvalue weighted by molar-refractivity contribution is 5.95. The van der Waals surface area contributed by atoms with Gasteiger partial charge in [0.25, 0.3) is 5.91 Å². The minimum atomic E-state index is -0.0999. The van der Waals surface area contributed by atoms with Crippen molar-refractivity contribution in [1.82, 2.24) is 9.88 Å². The maximum absolute atomic E-state index is 13.4. The smallest absolute Gasteiger partial charge is 0.254 e. The first-order chi connectivity index (χ1) is 13.0. The molecule has 3 heteroatoms. The van der Waals surface area contributed by atoms with Crippen LogP contribution in [0, 0.1) is 20.8 Å². The lowest BCUT2D eigenvalue weighted by atomic mass is 9.87. The molecular formula is C24H24N2O. The van der Waals surface area contributed by atoms with Crippen molar-refractivity contribution in [2.45, 2.75) is 33.2 Å². The van der Waals surface area contributed by atoms with E-state index in [0.717, 1.165) is 23.1 Å². The molecule has 3 aromatic rings. The van der Waals surface area contributed by atoms with Crippen molar-refractivity contribution in [3.05, 3.63) is 99.9 Å². The molecule has 1 aromatic heterocycles. The number of carbonyl (C=O) groups is 1. The van der Waals surface area contributed by atoms with Crippen molar-refractivity contribution in [2.75, 3.05) is 6.54 Å². The highest BCUT2D eigenvalue weighted by Gasteiger charge is 2.32. The first-order valence-corrected chi connectivity index (χ1v) is 9.42. The van der Waals surface area contributed by atoms with E-state index in [0.29, 0.717) is 6.54 Å². The van der Waals surface area contributed by atoms with Crippen LogP contribution in [-0.4, -0.2) is 22.3 Å². The third-order valence-corrected chi connectivity index (χ3v) is 5.54. The summed E-state index contributed by atoms with van der Waals surface area (Å²) in [4.78, 5) is 19.7. The first-order valence-electron chi connectivity index (χ1n) is 9.42. The van der Waals surface area contributed by atoms with Gasteiger partial charge in [-0.05, 0) is 73.2 Å². The Morgan fingerprint density at radius 3 is 2.63 bits per heavy atom. The molecule has 27 heavy (non-hydrogen) atoms. The van der Waals surface area contributed by atoms with E-state index in [9.17, 15) is 4.79 Å². The van der Waals surface area contributed by atoms with Crippen LogP contribution in [0.3, 0.4) is 0 Å². The van der Waals surface area contributed by atoms with Gasteiger partial charge >= 0.3 is 0 Å². The van der Waals surface area contributed by atoms with Crippen LogP contribution in [0.2, 0.25) is 0 Å². The maximum Gasteiger partial charge on any atom is 0.254 e. The molecule has 0 spiro atoms. The van der Waals surface area contributed by atoms with Gasteiger partial charge in [0.1, 0.15) is 0 Å². The summed E-state index contributed by atoms with van der Waals surface area (Å²) in [7, 11) is 0. The van der Waals surface area contributed by atoms with E-state index in [-0.39, 0.29) is 11.9 Å². The summed E-state index contributed by atoms with van der Waals surface area (Å²) in [6, 6.07) is 16.4. The van der Waals surface area contributed by atoms with Crippen LogP contribution in [0.1, 0.15) is 49.8 Å². The Morgan fingerprint density at radius 2 is 1.89 bits per heavy atom. The number of amides is 1. The van der Waals surface area contributed by atoms with Gasteiger partial charge in [-0.25, -0.2) is 0 Å². The van der Waals surface area contributed by atoms with Crippen LogP contribution in [0.25, 0.3) is 0 Å². The normalized spacial score (nSPS) is 16.1. The fourth-order valence-corrected chi connectivity index (χ4v) is 3.91. The van der Waals surface area contributed by atoms with Crippen LogP contribution in [0.5, 0.6) is 0 Å². The molecule has 0 radical (unpaired) electrons. The van der Waals surface area contributed by atoms with E-state index in [1.165, 1.54) is 22.3 Å². The summed E-state index contributed by atoms with van der Waals surface area (Å²) in [6.45, 7) is 6.95. The summed E-state index contributed by atoms with van der Waals surface area (Å²) < 4.78 is 0. The fourth-order valence-electron chi connectivity index (χ4n) is 3.91. The first kappa shape index (κ1) is 17.5. The number of benzene rings is 2. The summed E-state index contributed by atoms with van der Waals surface area (Å²) in [6.07, 6.45) is 4.53. The third kappa shape index (κ3) is 3.25. The molecule has 0 aliphatic carbocycles. The number of hydrogen-bond donors (Lipinski definition) is 0. The summed E-state index contributed by atoms with van der Waals surface area (Å²) >= 11 is 0. The quantitative estimate of drug-likeness (QED) is 0.661. The summed E-state index contributed by atoms with van der Waals surface area (Å²) in [5.74, 6) is 0.0816. The van der Waals surface area contributed by atoms with E-state index < -0.39 is 0 Å². The topological polar surface area (TPSA) is 33.2 Å².